The van der Waals surface area contributed by atoms with Crippen LogP contribution in [0.3, 0.4) is 0 Å². The maximum Gasteiger partial charge on any atom is 0.146 e. The van der Waals surface area contributed by atoms with Crippen molar-refractivity contribution in [2.45, 2.75) is 0 Å². The minimum atomic E-state index is 0.986. The van der Waals surface area contributed by atoms with Crippen LogP contribution in [0.5, 0.6) is 0 Å². The molecule has 0 N–H and O–H groups in total. The Balaban J connectivity index is 1.23. The lowest BCUT2D eigenvalue weighted by Crippen LogP contribution is -2.10. The van der Waals surface area contributed by atoms with Gasteiger partial charge in [-0.2, -0.15) is 0 Å². The molecule has 0 atom stereocenters. The van der Waals surface area contributed by atoms with Crippen molar-refractivity contribution in [1.29, 1.82) is 0 Å². The van der Waals surface area contributed by atoms with Crippen molar-refractivity contribution in [1.82, 2.24) is 13.8 Å². The molecule has 4 nitrogen and oxygen atoms in total. The predicted molar refractivity (Wildman–Crippen MR) is 223 cm³/mol. The molecule has 0 saturated heterocycles. The second-order valence-corrected chi connectivity index (χ2v) is 14.4. The van der Waals surface area contributed by atoms with E-state index in [0.29, 0.717) is 0 Å². The number of nitrogens with zero attached hydrogens (tertiary/aromatic N) is 4. The standard InChI is InChI=1S/C49H28N4/c1-3-16-32(17-4-1)51(33-18-5-2-6-19-33)41-24-12-23-36-35-21-11-22-37-38-28-43-45(50-49(38)53(46(35)37)47(36)41)40-26-31-15-9-10-20-34(31)44-39-25-29-13-7-8-14-30(29)27-42(39)52(43)48(40)44/h1-28H. The summed E-state index contributed by atoms with van der Waals surface area (Å²) < 4.78 is 4.94. The van der Waals surface area contributed by atoms with Gasteiger partial charge >= 0.3 is 0 Å². The fourth-order valence-corrected chi connectivity index (χ4v) is 9.52. The van der Waals surface area contributed by atoms with Gasteiger partial charge in [0, 0.05) is 49.1 Å². The fraction of sp³-hybridized carbons (Fsp3) is 0. The second kappa shape index (κ2) is 9.78. The number of hydrogen-bond acceptors (Lipinski definition) is 2. The van der Waals surface area contributed by atoms with Gasteiger partial charge in [0.1, 0.15) is 5.65 Å². The summed E-state index contributed by atoms with van der Waals surface area (Å²) >= 11 is 0. The lowest BCUT2D eigenvalue weighted by atomic mass is 9.99. The Kier molecular flexibility index (Phi) is 5.08. The third-order valence-corrected chi connectivity index (χ3v) is 11.7. The van der Waals surface area contributed by atoms with Crippen LogP contribution in [0.15, 0.2) is 170 Å². The fourth-order valence-electron chi connectivity index (χ4n) is 9.52. The Labute approximate surface area is 302 Å². The van der Waals surface area contributed by atoms with E-state index >= 15 is 0 Å². The molecule has 0 saturated carbocycles. The highest BCUT2D eigenvalue weighted by atomic mass is 15.2. The Bertz CT molecular complexity index is 3580. The Morgan fingerprint density at radius 1 is 0.377 bits per heavy atom. The number of pyridine rings is 1. The van der Waals surface area contributed by atoms with Crippen molar-refractivity contribution in [2.24, 2.45) is 0 Å². The van der Waals surface area contributed by atoms with E-state index in [1.54, 1.807) is 0 Å². The summed E-state index contributed by atoms with van der Waals surface area (Å²) in [6, 6.07) is 61.9. The van der Waals surface area contributed by atoms with Crippen molar-refractivity contribution >= 4 is 115 Å². The molecule has 13 rings (SSSR count). The Morgan fingerprint density at radius 2 is 0.962 bits per heavy atom. The van der Waals surface area contributed by atoms with Crippen LogP contribution in [0, 0.1) is 0 Å². The van der Waals surface area contributed by atoms with E-state index in [4.69, 9.17) is 4.98 Å². The van der Waals surface area contributed by atoms with E-state index in [1.165, 1.54) is 75.8 Å². The van der Waals surface area contributed by atoms with E-state index in [2.05, 4.69) is 184 Å². The molecular formula is C49H28N4. The Hall–Kier alpha value is -7.17. The number of para-hydroxylation sites is 4. The number of hydrogen-bond donors (Lipinski definition) is 0. The molecule has 0 bridgehead atoms. The van der Waals surface area contributed by atoms with Crippen molar-refractivity contribution in [3.8, 4) is 0 Å². The van der Waals surface area contributed by atoms with Gasteiger partial charge in [-0.15, -0.1) is 0 Å². The lowest BCUT2D eigenvalue weighted by Gasteiger charge is -2.26. The molecule has 0 aliphatic heterocycles. The zero-order valence-corrected chi connectivity index (χ0v) is 28.5. The predicted octanol–water partition coefficient (Wildman–Crippen LogP) is 13.2. The van der Waals surface area contributed by atoms with Gasteiger partial charge in [-0.05, 0) is 76.1 Å². The van der Waals surface area contributed by atoms with Crippen molar-refractivity contribution in [3.05, 3.63) is 170 Å². The van der Waals surface area contributed by atoms with Crippen LogP contribution in [-0.2, 0) is 0 Å². The zero-order valence-electron chi connectivity index (χ0n) is 28.5. The maximum atomic E-state index is 5.75. The molecule has 0 radical (unpaired) electrons. The summed E-state index contributed by atoms with van der Waals surface area (Å²) in [6.07, 6.45) is 0. The van der Waals surface area contributed by atoms with Crippen LogP contribution in [0.4, 0.5) is 17.1 Å². The minimum Gasteiger partial charge on any atom is -0.308 e. The maximum absolute atomic E-state index is 5.75. The number of anilines is 3. The van der Waals surface area contributed by atoms with Crippen LogP contribution in [-0.4, -0.2) is 13.8 Å². The summed E-state index contributed by atoms with van der Waals surface area (Å²) in [5, 5.41) is 13.6. The number of fused-ring (bicyclic) bond motifs is 15. The molecule has 0 unspecified atom stereocenters. The molecule has 4 heteroatoms. The van der Waals surface area contributed by atoms with Gasteiger partial charge < -0.3 is 9.30 Å². The van der Waals surface area contributed by atoms with Crippen LogP contribution in [0.1, 0.15) is 0 Å². The topological polar surface area (TPSA) is 25.0 Å². The zero-order chi connectivity index (χ0) is 34.4. The monoisotopic (exact) mass is 672 g/mol. The first-order valence-electron chi connectivity index (χ1n) is 18.2. The van der Waals surface area contributed by atoms with Gasteiger partial charge in [0.05, 0.1) is 38.8 Å². The molecule has 53 heavy (non-hydrogen) atoms. The quantitative estimate of drug-likeness (QED) is 0.187. The van der Waals surface area contributed by atoms with Crippen molar-refractivity contribution in [2.75, 3.05) is 4.90 Å². The van der Waals surface area contributed by atoms with E-state index in [0.717, 1.165) is 39.3 Å². The lowest BCUT2D eigenvalue weighted by molar-refractivity contribution is 1.25. The van der Waals surface area contributed by atoms with E-state index in [-0.39, 0.29) is 0 Å². The normalized spacial score (nSPS) is 12.5. The third kappa shape index (κ3) is 3.43. The summed E-state index contributed by atoms with van der Waals surface area (Å²) in [4.78, 5) is 8.13. The molecule has 244 valence electrons. The average Bonchev–Trinajstić information content (AvgIpc) is 3.93. The summed E-state index contributed by atoms with van der Waals surface area (Å²) in [7, 11) is 0. The third-order valence-electron chi connectivity index (χ3n) is 11.7. The molecule has 0 fully saturated rings. The first-order chi connectivity index (χ1) is 26.3. The number of benzene rings is 8. The van der Waals surface area contributed by atoms with Crippen molar-refractivity contribution < 1.29 is 0 Å². The SMILES string of the molecule is c1ccc(N(c2ccccc2)c2cccc3c4cccc5c6cc7c(nc6n(c23)c54)c2cc3ccccc3c3c4cc5ccccc5cc4n7c23)cc1. The molecular weight excluding hydrogens is 645 g/mol. The van der Waals surface area contributed by atoms with Gasteiger partial charge in [0.2, 0.25) is 0 Å². The van der Waals surface area contributed by atoms with Crippen molar-refractivity contribution in [3.63, 3.8) is 0 Å². The molecule has 5 aromatic heterocycles. The highest BCUT2D eigenvalue weighted by molar-refractivity contribution is 6.33. The van der Waals surface area contributed by atoms with Crippen LogP contribution in [0.2, 0.25) is 0 Å². The highest BCUT2D eigenvalue weighted by Gasteiger charge is 2.26. The van der Waals surface area contributed by atoms with Crippen LogP contribution in [0.25, 0.3) is 98.0 Å². The van der Waals surface area contributed by atoms with Gasteiger partial charge in [0.25, 0.3) is 0 Å². The van der Waals surface area contributed by atoms with E-state index < -0.39 is 0 Å². The van der Waals surface area contributed by atoms with Gasteiger partial charge in [-0.3, -0.25) is 4.40 Å². The Morgan fingerprint density at radius 3 is 1.72 bits per heavy atom. The van der Waals surface area contributed by atoms with E-state index in [1.807, 2.05) is 0 Å². The highest BCUT2D eigenvalue weighted by Crippen LogP contribution is 2.48. The summed E-state index contributed by atoms with van der Waals surface area (Å²) in [6.45, 7) is 0. The minimum absolute atomic E-state index is 0.986. The molecule has 8 aromatic carbocycles. The van der Waals surface area contributed by atoms with E-state index in [9.17, 15) is 0 Å². The molecule has 0 spiro atoms. The summed E-state index contributed by atoms with van der Waals surface area (Å²) in [5.74, 6) is 0. The summed E-state index contributed by atoms with van der Waals surface area (Å²) in [5.41, 5.74) is 11.4. The van der Waals surface area contributed by atoms with Gasteiger partial charge in [-0.1, -0.05) is 115 Å². The number of rotatable bonds is 3. The van der Waals surface area contributed by atoms with Crippen LogP contribution >= 0.6 is 0 Å². The first-order valence-corrected chi connectivity index (χ1v) is 18.2. The van der Waals surface area contributed by atoms with Gasteiger partial charge in [0.15, 0.2) is 0 Å². The molecule has 5 heterocycles. The van der Waals surface area contributed by atoms with Crippen LogP contribution < -0.4 is 4.90 Å². The average molecular weight is 673 g/mol. The largest absolute Gasteiger partial charge is 0.308 e. The smallest absolute Gasteiger partial charge is 0.146 e. The van der Waals surface area contributed by atoms with Gasteiger partial charge in [-0.25, -0.2) is 4.98 Å². The molecule has 0 aliphatic rings. The molecule has 0 amide bonds. The first kappa shape index (κ1) is 27.5. The number of aromatic nitrogens is 3. The second-order valence-electron chi connectivity index (χ2n) is 14.4. The molecule has 13 aromatic rings. The molecule has 0 aliphatic carbocycles.